The third kappa shape index (κ3) is 4.36. The molecule has 0 radical (unpaired) electrons. The van der Waals surface area contributed by atoms with Crippen molar-refractivity contribution in [2.45, 2.75) is 45.4 Å². The number of carbonyl (C=O) groups excluding carboxylic acids is 1. The molecule has 0 saturated carbocycles. The van der Waals surface area contributed by atoms with Crippen LogP contribution in [0.5, 0.6) is 0 Å². The lowest BCUT2D eigenvalue weighted by Crippen LogP contribution is -2.35. The summed E-state index contributed by atoms with van der Waals surface area (Å²) in [7, 11) is 0. The van der Waals surface area contributed by atoms with Crippen molar-refractivity contribution in [1.29, 1.82) is 5.26 Å². The van der Waals surface area contributed by atoms with Gasteiger partial charge in [0.25, 0.3) is 0 Å². The lowest BCUT2D eigenvalue weighted by atomic mass is 9.98. The Morgan fingerprint density at radius 3 is 2.59 bits per heavy atom. The zero-order valence-electron chi connectivity index (χ0n) is 16.0. The van der Waals surface area contributed by atoms with Crippen molar-refractivity contribution in [2.24, 2.45) is 5.92 Å². The first-order chi connectivity index (χ1) is 13.1. The van der Waals surface area contributed by atoms with Crippen molar-refractivity contribution in [3.63, 3.8) is 0 Å². The van der Waals surface area contributed by atoms with Crippen LogP contribution in [0.25, 0.3) is 11.0 Å². The normalized spacial score (nSPS) is 16.1. The average molecular weight is 366 g/mol. The molecule has 1 fully saturated rings. The molecule has 1 atom stereocenters. The Kier molecular flexibility index (Phi) is 6.23. The van der Waals surface area contributed by atoms with Gasteiger partial charge in [0.15, 0.2) is 11.7 Å². The van der Waals surface area contributed by atoms with Crippen LogP contribution in [-0.2, 0) is 9.53 Å². The van der Waals surface area contributed by atoms with E-state index < -0.39 is 11.9 Å². The predicted octanol–water partition coefficient (Wildman–Crippen LogP) is 3.82. The van der Waals surface area contributed by atoms with Crippen LogP contribution in [0.4, 0.5) is 5.82 Å². The van der Waals surface area contributed by atoms with E-state index >= 15 is 0 Å². The van der Waals surface area contributed by atoms with E-state index in [-0.39, 0.29) is 0 Å². The van der Waals surface area contributed by atoms with Crippen LogP contribution in [-0.4, -0.2) is 35.6 Å². The quantitative estimate of drug-likeness (QED) is 0.571. The molecule has 1 unspecified atom stereocenters. The molecule has 2 aromatic rings. The van der Waals surface area contributed by atoms with Gasteiger partial charge in [0.05, 0.1) is 23.7 Å². The number of ether oxygens (including phenoxy) is 1. The van der Waals surface area contributed by atoms with Gasteiger partial charge in [-0.15, -0.1) is 0 Å². The highest BCUT2D eigenvalue weighted by Gasteiger charge is 2.31. The smallest absolute Gasteiger partial charge is 0.329 e. The molecule has 0 aliphatic carbocycles. The number of para-hydroxylation sites is 2. The second kappa shape index (κ2) is 8.81. The Morgan fingerprint density at radius 2 is 1.96 bits per heavy atom. The average Bonchev–Trinajstić information content (AvgIpc) is 2.69. The Balaban J connectivity index is 1.99. The fraction of sp³-hybridized carbons (Fsp3) is 0.524. The van der Waals surface area contributed by atoms with Gasteiger partial charge in [0.1, 0.15) is 5.69 Å². The van der Waals surface area contributed by atoms with Gasteiger partial charge in [0.2, 0.25) is 0 Å². The van der Waals surface area contributed by atoms with E-state index in [1.165, 1.54) is 0 Å². The largest absolute Gasteiger partial charge is 0.464 e. The van der Waals surface area contributed by atoms with Crippen LogP contribution in [0, 0.1) is 17.2 Å². The number of aromatic nitrogens is 2. The summed E-state index contributed by atoms with van der Waals surface area (Å²) in [4.78, 5) is 24.1. The Hall–Kier alpha value is -2.68. The molecule has 1 aliphatic rings. The third-order valence-electron chi connectivity index (χ3n) is 5.04. The van der Waals surface area contributed by atoms with Crippen molar-refractivity contribution in [2.75, 3.05) is 24.6 Å². The van der Waals surface area contributed by atoms with Crippen LogP contribution in [0.3, 0.4) is 0 Å². The van der Waals surface area contributed by atoms with Crippen molar-refractivity contribution in [3.05, 3.63) is 30.0 Å². The topological polar surface area (TPSA) is 79.1 Å². The molecule has 0 bridgehead atoms. The van der Waals surface area contributed by atoms with E-state index in [1.807, 2.05) is 31.2 Å². The van der Waals surface area contributed by atoms with E-state index in [1.54, 1.807) is 0 Å². The first-order valence-electron chi connectivity index (χ1n) is 9.72. The zero-order chi connectivity index (χ0) is 19.2. The van der Waals surface area contributed by atoms with Gasteiger partial charge in [-0.25, -0.2) is 9.97 Å². The lowest BCUT2D eigenvalue weighted by Gasteiger charge is -2.32. The van der Waals surface area contributed by atoms with E-state index in [0.29, 0.717) is 29.6 Å². The van der Waals surface area contributed by atoms with Gasteiger partial charge in [-0.05, 0) is 37.3 Å². The molecule has 1 aliphatic heterocycles. The minimum atomic E-state index is -1.06. The van der Waals surface area contributed by atoms with E-state index in [2.05, 4.69) is 22.9 Å². The summed E-state index contributed by atoms with van der Waals surface area (Å²) < 4.78 is 5.31. The first-order valence-corrected chi connectivity index (χ1v) is 9.72. The fourth-order valence-electron chi connectivity index (χ4n) is 3.28. The summed E-state index contributed by atoms with van der Waals surface area (Å²) in [6, 6.07) is 9.65. The molecule has 1 saturated heterocycles. The summed E-state index contributed by atoms with van der Waals surface area (Å²) in [6.45, 7) is 6.30. The van der Waals surface area contributed by atoms with Gasteiger partial charge in [-0.1, -0.05) is 32.4 Å². The fourth-order valence-corrected chi connectivity index (χ4v) is 3.28. The molecule has 1 aromatic heterocycles. The van der Waals surface area contributed by atoms with Crippen LogP contribution >= 0.6 is 0 Å². The summed E-state index contributed by atoms with van der Waals surface area (Å²) in [5.74, 6) is -0.293. The SMILES string of the molecule is CCCCOC(=O)C(C#N)c1nc2ccccc2nc1N1CCC(C)CC1. The monoisotopic (exact) mass is 366 g/mol. The maximum absolute atomic E-state index is 12.5. The van der Waals surface area contributed by atoms with E-state index in [9.17, 15) is 10.1 Å². The number of nitrogens with zero attached hydrogens (tertiary/aromatic N) is 4. The summed E-state index contributed by atoms with van der Waals surface area (Å²) >= 11 is 0. The van der Waals surface area contributed by atoms with Gasteiger partial charge in [-0.3, -0.25) is 4.79 Å². The second-order valence-corrected chi connectivity index (χ2v) is 7.17. The molecule has 142 valence electrons. The molecule has 6 nitrogen and oxygen atoms in total. The molecule has 0 spiro atoms. The number of piperidine rings is 1. The molecule has 1 aromatic carbocycles. The Morgan fingerprint density at radius 1 is 1.30 bits per heavy atom. The van der Waals surface area contributed by atoms with Crippen molar-refractivity contribution >= 4 is 22.8 Å². The molecule has 6 heteroatoms. The third-order valence-corrected chi connectivity index (χ3v) is 5.04. The van der Waals surface area contributed by atoms with Crippen molar-refractivity contribution < 1.29 is 9.53 Å². The van der Waals surface area contributed by atoms with Gasteiger partial charge in [0, 0.05) is 13.1 Å². The maximum Gasteiger partial charge on any atom is 0.329 e. The Labute approximate surface area is 160 Å². The summed E-state index contributed by atoms with van der Waals surface area (Å²) in [5, 5.41) is 9.71. The number of benzene rings is 1. The number of esters is 1. The second-order valence-electron chi connectivity index (χ2n) is 7.17. The van der Waals surface area contributed by atoms with Crippen LogP contribution in [0.1, 0.15) is 51.1 Å². The summed E-state index contributed by atoms with van der Waals surface area (Å²) in [5.41, 5.74) is 1.86. The summed E-state index contributed by atoms with van der Waals surface area (Å²) in [6.07, 6.45) is 3.83. The number of nitriles is 1. The van der Waals surface area contributed by atoms with Crippen LogP contribution < -0.4 is 4.90 Å². The van der Waals surface area contributed by atoms with Crippen molar-refractivity contribution in [1.82, 2.24) is 9.97 Å². The zero-order valence-corrected chi connectivity index (χ0v) is 16.0. The predicted molar refractivity (Wildman–Crippen MR) is 104 cm³/mol. The van der Waals surface area contributed by atoms with E-state index in [0.717, 1.165) is 44.3 Å². The maximum atomic E-state index is 12.5. The molecule has 27 heavy (non-hydrogen) atoms. The van der Waals surface area contributed by atoms with Crippen LogP contribution in [0.2, 0.25) is 0 Å². The minimum absolute atomic E-state index is 0.324. The Bertz CT molecular complexity index is 838. The molecule has 2 heterocycles. The highest BCUT2D eigenvalue weighted by molar-refractivity contribution is 5.85. The number of carbonyl (C=O) groups is 1. The number of fused-ring (bicyclic) bond motifs is 1. The lowest BCUT2D eigenvalue weighted by molar-refractivity contribution is -0.144. The highest BCUT2D eigenvalue weighted by Crippen LogP contribution is 2.30. The number of unbranched alkanes of at least 4 members (excludes halogenated alkanes) is 1. The van der Waals surface area contributed by atoms with Gasteiger partial charge < -0.3 is 9.64 Å². The van der Waals surface area contributed by atoms with Crippen LogP contribution in [0.15, 0.2) is 24.3 Å². The molecule has 0 N–H and O–H groups in total. The molecular formula is C21H26N4O2. The minimum Gasteiger partial charge on any atom is -0.464 e. The molecule has 3 rings (SSSR count). The van der Waals surface area contributed by atoms with Crippen molar-refractivity contribution in [3.8, 4) is 6.07 Å². The number of anilines is 1. The molecular weight excluding hydrogens is 340 g/mol. The standard InChI is InChI=1S/C21H26N4O2/c1-3-4-13-27-21(26)16(14-22)19-20(25-11-9-15(2)10-12-25)24-18-8-6-5-7-17(18)23-19/h5-8,15-16H,3-4,9-13H2,1-2H3. The van der Waals surface area contributed by atoms with Gasteiger partial charge in [-0.2, -0.15) is 5.26 Å². The highest BCUT2D eigenvalue weighted by atomic mass is 16.5. The van der Waals surface area contributed by atoms with E-state index in [4.69, 9.17) is 9.72 Å². The first kappa shape index (κ1) is 19.1. The number of hydrogen-bond donors (Lipinski definition) is 0. The number of rotatable bonds is 6. The van der Waals surface area contributed by atoms with Gasteiger partial charge >= 0.3 is 5.97 Å². The molecule has 0 amide bonds. The number of hydrogen-bond acceptors (Lipinski definition) is 6.